The van der Waals surface area contributed by atoms with Gasteiger partial charge in [0.25, 0.3) is 0 Å². The number of carbonyl (C=O) groups is 2. The number of pyridine rings is 1. The van der Waals surface area contributed by atoms with Crippen LogP contribution in [0.1, 0.15) is 34.3 Å². The summed E-state index contributed by atoms with van der Waals surface area (Å²) in [5.41, 5.74) is 2.01. The number of amides is 1. The second-order valence-corrected chi connectivity index (χ2v) is 7.56. The standard InChI is InChI=1S/C25H20FN5O3/c1-15-12-22(29-24-19(15)4-3-5-21(24)34-2)31-25(17(13-27)14-28-31)30-23(33)11-10-20(32)16-6-8-18(26)9-7-16/h3-9,12,14H,10-11H2,1-2H3,(H,30,33). The molecule has 1 amide bonds. The summed E-state index contributed by atoms with van der Waals surface area (Å²) in [6, 6.07) is 14.5. The van der Waals surface area contributed by atoms with Crippen LogP contribution in [0.25, 0.3) is 16.7 Å². The molecular formula is C25H20FN5O3. The largest absolute Gasteiger partial charge is 0.494 e. The Morgan fingerprint density at radius 1 is 1.18 bits per heavy atom. The van der Waals surface area contributed by atoms with Crippen molar-refractivity contribution in [1.82, 2.24) is 14.8 Å². The minimum absolute atomic E-state index is 0.0714. The molecule has 8 nitrogen and oxygen atoms in total. The molecule has 0 fully saturated rings. The minimum Gasteiger partial charge on any atom is -0.494 e. The van der Waals surface area contributed by atoms with Gasteiger partial charge in [-0.15, -0.1) is 0 Å². The molecule has 1 N–H and O–H groups in total. The van der Waals surface area contributed by atoms with E-state index in [0.29, 0.717) is 22.6 Å². The normalized spacial score (nSPS) is 10.6. The Bertz CT molecular complexity index is 1440. The summed E-state index contributed by atoms with van der Waals surface area (Å²) in [5, 5.41) is 17.3. The Morgan fingerprint density at radius 2 is 1.94 bits per heavy atom. The lowest BCUT2D eigenvalue weighted by molar-refractivity contribution is -0.116. The number of hydrogen-bond acceptors (Lipinski definition) is 6. The van der Waals surface area contributed by atoms with Crippen LogP contribution in [-0.2, 0) is 4.79 Å². The molecule has 0 bridgehead atoms. The Balaban J connectivity index is 1.59. The third-order valence-electron chi connectivity index (χ3n) is 5.33. The zero-order valence-corrected chi connectivity index (χ0v) is 18.5. The van der Waals surface area contributed by atoms with Gasteiger partial charge in [0.15, 0.2) is 17.4 Å². The van der Waals surface area contributed by atoms with Gasteiger partial charge in [-0.3, -0.25) is 9.59 Å². The van der Waals surface area contributed by atoms with Crippen LogP contribution in [0.15, 0.2) is 54.7 Å². The zero-order valence-electron chi connectivity index (χ0n) is 18.5. The Hall–Kier alpha value is -4.58. The van der Waals surface area contributed by atoms with Gasteiger partial charge in [0, 0.05) is 23.8 Å². The molecule has 2 heterocycles. The fourth-order valence-corrected chi connectivity index (χ4v) is 3.57. The van der Waals surface area contributed by atoms with Crippen LogP contribution in [-0.4, -0.2) is 33.6 Å². The molecule has 0 radical (unpaired) electrons. The molecule has 0 atom stereocenters. The summed E-state index contributed by atoms with van der Waals surface area (Å²) in [6.07, 6.45) is 1.14. The molecule has 4 rings (SSSR count). The molecule has 34 heavy (non-hydrogen) atoms. The number of nitriles is 1. The number of benzene rings is 2. The number of para-hydroxylation sites is 1. The van der Waals surface area contributed by atoms with Gasteiger partial charge in [0.2, 0.25) is 5.91 Å². The molecule has 4 aromatic rings. The molecule has 0 aliphatic rings. The number of halogens is 1. The first kappa shape index (κ1) is 22.6. The maximum absolute atomic E-state index is 13.1. The van der Waals surface area contributed by atoms with Gasteiger partial charge in [-0.25, -0.2) is 9.37 Å². The molecule has 0 spiro atoms. The lowest BCUT2D eigenvalue weighted by atomic mass is 10.1. The zero-order chi connectivity index (χ0) is 24.2. The van der Waals surface area contributed by atoms with Gasteiger partial charge >= 0.3 is 0 Å². The first-order chi connectivity index (χ1) is 16.4. The van der Waals surface area contributed by atoms with Gasteiger partial charge in [-0.05, 0) is 48.9 Å². The molecule has 2 aromatic carbocycles. The van der Waals surface area contributed by atoms with Crippen molar-refractivity contribution < 1.29 is 18.7 Å². The first-order valence-electron chi connectivity index (χ1n) is 10.4. The van der Waals surface area contributed by atoms with Crippen LogP contribution in [0.2, 0.25) is 0 Å². The molecule has 170 valence electrons. The Kier molecular flexibility index (Phi) is 6.32. The quantitative estimate of drug-likeness (QED) is 0.413. The van der Waals surface area contributed by atoms with Crippen molar-refractivity contribution in [2.75, 3.05) is 12.4 Å². The third kappa shape index (κ3) is 4.47. The highest BCUT2D eigenvalue weighted by atomic mass is 19.1. The van der Waals surface area contributed by atoms with Crippen LogP contribution >= 0.6 is 0 Å². The average molecular weight is 457 g/mol. The summed E-state index contributed by atoms with van der Waals surface area (Å²) in [6.45, 7) is 1.92. The summed E-state index contributed by atoms with van der Waals surface area (Å²) in [5.74, 6) is -0.0646. The molecule has 2 aromatic heterocycles. The summed E-state index contributed by atoms with van der Waals surface area (Å²) in [7, 11) is 1.55. The monoisotopic (exact) mass is 457 g/mol. The smallest absolute Gasteiger partial charge is 0.226 e. The number of fused-ring (bicyclic) bond motifs is 1. The highest BCUT2D eigenvalue weighted by molar-refractivity contribution is 6.00. The lowest BCUT2D eigenvalue weighted by Gasteiger charge is -2.12. The van der Waals surface area contributed by atoms with E-state index in [2.05, 4.69) is 15.4 Å². The van der Waals surface area contributed by atoms with Gasteiger partial charge in [0.1, 0.15) is 28.7 Å². The molecule has 0 aliphatic heterocycles. The van der Waals surface area contributed by atoms with Gasteiger partial charge < -0.3 is 10.1 Å². The number of Topliss-reactive ketones (excluding diaryl/α,β-unsaturated/α-hetero) is 1. The maximum atomic E-state index is 13.1. The van der Waals surface area contributed by atoms with Gasteiger partial charge in [-0.1, -0.05) is 12.1 Å². The van der Waals surface area contributed by atoms with E-state index in [0.717, 1.165) is 10.9 Å². The number of anilines is 1. The van der Waals surface area contributed by atoms with Crippen molar-refractivity contribution in [3.63, 3.8) is 0 Å². The number of nitrogens with zero attached hydrogens (tertiary/aromatic N) is 4. The number of rotatable bonds is 7. The summed E-state index contributed by atoms with van der Waals surface area (Å²) < 4.78 is 19.9. The summed E-state index contributed by atoms with van der Waals surface area (Å²) in [4.78, 5) is 29.6. The van der Waals surface area contributed by atoms with E-state index in [1.54, 1.807) is 19.2 Å². The second kappa shape index (κ2) is 9.50. The van der Waals surface area contributed by atoms with Crippen LogP contribution in [0.5, 0.6) is 5.75 Å². The number of nitrogens with one attached hydrogen (secondary N) is 1. The number of ether oxygens (including phenoxy) is 1. The number of hydrogen-bond donors (Lipinski definition) is 1. The molecule has 0 saturated carbocycles. The van der Waals surface area contributed by atoms with Gasteiger partial charge in [0.05, 0.1) is 13.3 Å². The van der Waals surface area contributed by atoms with Crippen LogP contribution in [0, 0.1) is 24.1 Å². The molecule has 0 unspecified atom stereocenters. The van der Waals surface area contributed by atoms with Gasteiger partial charge in [-0.2, -0.15) is 15.0 Å². The van der Waals surface area contributed by atoms with Crippen LogP contribution in [0.3, 0.4) is 0 Å². The Labute approximate surface area is 194 Å². The van der Waals surface area contributed by atoms with Crippen molar-refractivity contribution in [3.05, 3.63) is 77.2 Å². The highest BCUT2D eigenvalue weighted by Crippen LogP contribution is 2.29. The average Bonchev–Trinajstić information content (AvgIpc) is 3.25. The van der Waals surface area contributed by atoms with E-state index in [4.69, 9.17) is 4.74 Å². The van der Waals surface area contributed by atoms with E-state index in [1.165, 1.54) is 35.1 Å². The molecule has 0 saturated heterocycles. The summed E-state index contributed by atoms with van der Waals surface area (Å²) >= 11 is 0. The van der Waals surface area contributed by atoms with Crippen LogP contribution < -0.4 is 10.1 Å². The third-order valence-corrected chi connectivity index (χ3v) is 5.33. The number of aromatic nitrogens is 3. The number of ketones is 1. The van der Waals surface area contributed by atoms with Crippen molar-refractivity contribution in [3.8, 4) is 17.6 Å². The predicted octanol–water partition coefficient (Wildman–Crippen LogP) is 4.35. The second-order valence-electron chi connectivity index (χ2n) is 7.56. The SMILES string of the molecule is COc1cccc2c(C)cc(-n3ncc(C#N)c3NC(=O)CCC(=O)c3ccc(F)cc3)nc12. The lowest BCUT2D eigenvalue weighted by Crippen LogP contribution is -2.17. The van der Waals surface area contributed by atoms with E-state index >= 15 is 0 Å². The van der Waals surface area contributed by atoms with Crippen molar-refractivity contribution >= 4 is 28.4 Å². The molecule has 0 aliphatic carbocycles. The minimum atomic E-state index is -0.469. The highest BCUT2D eigenvalue weighted by Gasteiger charge is 2.18. The Morgan fingerprint density at radius 3 is 2.65 bits per heavy atom. The molecular weight excluding hydrogens is 437 g/mol. The van der Waals surface area contributed by atoms with E-state index < -0.39 is 11.7 Å². The fraction of sp³-hybridized carbons (Fsp3) is 0.160. The fourth-order valence-electron chi connectivity index (χ4n) is 3.57. The number of carbonyl (C=O) groups excluding carboxylic acids is 2. The number of methoxy groups -OCH3 is 1. The predicted molar refractivity (Wildman–Crippen MR) is 123 cm³/mol. The van der Waals surface area contributed by atoms with E-state index in [-0.39, 0.29) is 30.0 Å². The van der Waals surface area contributed by atoms with Crippen molar-refractivity contribution in [2.24, 2.45) is 0 Å². The van der Waals surface area contributed by atoms with E-state index in [1.807, 2.05) is 25.1 Å². The topological polar surface area (TPSA) is 110 Å². The first-order valence-corrected chi connectivity index (χ1v) is 10.4. The molecule has 9 heteroatoms. The van der Waals surface area contributed by atoms with Crippen LogP contribution in [0.4, 0.5) is 10.2 Å². The van der Waals surface area contributed by atoms with E-state index in [9.17, 15) is 19.2 Å². The van der Waals surface area contributed by atoms with Crippen molar-refractivity contribution in [1.29, 1.82) is 5.26 Å². The van der Waals surface area contributed by atoms with Crippen molar-refractivity contribution in [2.45, 2.75) is 19.8 Å². The maximum Gasteiger partial charge on any atom is 0.226 e. The number of aryl methyl sites for hydroxylation is 1.